The number of aromatic amines is 1. The standard InChI is InChI=1S/C27H24FN5O2/c1-33-14-12-21-24(27(33)35)26(30-20-5-3-2-4-6-20)25(31-21)18-11-13-29-22(16-18)32-23(34)15-17-7-9-19(28)10-8-17/h2-11,13,16,30-31H,12,14-15H2,1H3,(H,29,32,34). The summed E-state index contributed by atoms with van der Waals surface area (Å²) in [5.74, 6) is -0.265. The molecule has 176 valence electrons. The predicted octanol–water partition coefficient (Wildman–Crippen LogP) is 4.77. The lowest BCUT2D eigenvalue weighted by atomic mass is 10.0. The Balaban J connectivity index is 1.46. The van der Waals surface area contributed by atoms with Crippen LogP contribution in [0.5, 0.6) is 0 Å². The minimum atomic E-state index is -0.346. The Kier molecular flexibility index (Phi) is 6.01. The monoisotopic (exact) mass is 469 g/mol. The normalized spacial score (nSPS) is 12.9. The zero-order chi connectivity index (χ0) is 24.4. The summed E-state index contributed by atoms with van der Waals surface area (Å²) in [5.41, 5.74) is 5.28. The average Bonchev–Trinajstić information content (AvgIpc) is 3.22. The van der Waals surface area contributed by atoms with Crippen molar-refractivity contribution in [3.8, 4) is 11.3 Å². The Morgan fingerprint density at radius 3 is 2.66 bits per heavy atom. The van der Waals surface area contributed by atoms with Crippen LogP contribution in [-0.2, 0) is 17.6 Å². The zero-order valence-electron chi connectivity index (χ0n) is 19.1. The van der Waals surface area contributed by atoms with Crippen LogP contribution in [0.15, 0.2) is 72.9 Å². The molecule has 1 aliphatic heterocycles. The fourth-order valence-corrected chi connectivity index (χ4v) is 4.18. The van der Waals surface area contributed by atoms with Gasteiger partial charge in [0.05, 0.1) is 23.4 Å². The van der Waals surface area contributed by atoms with Crippen LogP contribution in [0.1, 0.15) is 21.6 Å². The first-order valence-corrected chi connectivity index (χ1v) is 11.3. The molecule has 8 heteroatoms. The van der Waals surface area contributed by atoms with Crippen LogP contribution < -0.4 is 10.6 Å². The Morgan fingerprint density at radius 1 is 1.11 bits per heavy atom. The van der Waals surface area contributed by atoms with Gasteiger partial charge < -0.3 is 20.5 Å². The van der Waals surface area contributed by atoms with Gasteiger partial charge in [-0.2, -0.15) is 0 Å². The molecule has 2 amide bonds. The number of H-pyrrole nitrogens is 1. The summed E-state index contributed by atoms with van der Waals surface area (Å²) in [5, 5.41) is 6.22. The Bertz CT molecular complexity index is 1380. The Morgan fingerprint density at radius 2 is 1.89 bits per heavy atom. The summed E-state index contributed by atoms with van der Waals surface area (Å²) in [4.78, 5) is 35.0. The number of nitrogens with zero attached hydrogens (tertiary/aromatic N) is 2. The van der Waals surface area contributed by atoms with E-state index in [0.717, 1.165) is 22.6 Å². The third kappa shape index (κ3) is 4.77. The van der Waals surface area contributed by atoms with Crippen molar-refractivity contribution in [3.63, 3.8) is 0 Å². The molecular weight excluding hydrogens is 445 g/mol. The quantitative estimate of drug-likeness (QED) is 0.380. The number of halogens is 1. The maximum atomic E-state index is 13.1. The molecule has 0 radical (unpaired) electrons. The summed E-state index contributed by atoms with van der Waals surface area (Å²) in [7, 11) is 1.80. The van der Waals surface area contributed by atoms with E-state index < -0.39 is 0 Å². The second kappa shape index (κ2) is 9.42. The van der Waals surface area contributed by atoms with Crippen molar-refractivity contribution in [2.75, 3.05) is 24.2 Å². The largest absolute Gasteiger partial charge is 0.356 e. The van der Waals surface area contributed by atoms with Gasteiger partial charge in [-0.1, -0.05) is 30.3 Å². The van der Waals surface area contributed by atoms with E-state index in [0.29, 0.717) is 35.6 Å². The Labute approximate surface area is 202 Å². The van der Waals surface area contributed by atoms with E-state index in [1.165, 1.54) is 12.1 Å². The molecule has 0 unspecified atom stereocenters. The summed E-state index contributed by atoms with van der Waals surface area (Å²) >= 11 is 0. The molecule has 0 saturated carbocycles. The molecule has 2 aromatic heterocycles. The van der Waals surface area contributed by atoms with Crippen LogP contribution in [0.2, 0.25) is 0 Å². The molecule has 3 N–H and O–H groups in total. The van der Waals surface area contributed by atoms with E-state index in [2.05, 4.69) is 20.6 Å². The highest BCUT2D eigenvalue weighted by molar-refractivity contribution is 6.06. The number of hydrogen-bond acceptors (Lipinski definition) is 4. The van der Waals surface area contributed by atoms with Gasteiger partial charge in [0.15, 0.2) is 0 Å². The number of hydrogen-bond donors (Lipinski definition) is 3. The van der Waals surface area contributed by atoms with Crippen molar-refractivity contribution >= 4 is 29.0 Å². The molecule has 0 bridgehead atoms. The summed E-state index contributed by atoms with van der Waals surface area (Å²) in [6, 6.07) is 19.1. The van der Waals surface area contributed by atoms with E-state index >= 15 is 0 Å². The number of aromatic nitrogens is 2. The summed E-state index contributed by atoms with van der Waals surface area (Å²) < 4.78 is 13.1. The summed E-state index contributed by atoms with van der Waals surface area (Å²) in [6.07, 6.45) is 2.43. The number of rotatable bonds is 6. The molecule has 0 spiro atoms. The van der Waals surface area contributed by atoms with Crippen molar-refractivity contribution in [1.82, 2.24) is 14.9 Å². The predicted molar refractivity (Wildman–Crippen MR) is 133 cm³/mol. The van der Waals surface area contributed by atoms with Crippen LogP contribution in [0.4, 0.5) is 21.6 Å². The number of nitrogens with one attached hydrogen (secondary N) is 3. The van der Waals surface area contributed by atoms with Gasteiger partial charge in [0.2, 0.25) is 5.91 Å². The van der Waals surface area contributed by atoms with Gasteiger partial charge in [0.1, 0.15) is 11.6 Å². The molecule has 3 heterocycles. The van der Waals surface area contributed by atoms with E-state index in [-0.39, 0.29) is 24.1 Å². The first-order valence-electron chi connectivity index (χ1n) is 11.3. The molecule has 35 heavy (non-hydrogen) atoms. The zero-order valence-corrected chi connectivity index (χ0v) is 19.1. The highest BCUT2D eigenvalue weighted by atomic mass is 19.1. The number of carbonyl (C=O) groups is 2. The maximum Gasteiger partial charge on any atom is 0.257 e. The van der Waals surface area contributed by atoms with Gasteiger partial charge >= 0.3 is 0 Å². The number of para-hydroxylation sites is 1. The molecule has 0 aliphatic carbocycles. The van der Waals surface area contributed by atoms with Crippen molar-refractivity contribution < 1.29 is 14.0 Å². The molecule has 2 aromatic carbocycles. The topological polar surface area (TPSA) is 90.1 Å². The van der Waals surface area contributed by atoms with E-state index in [1.54, 1.807) is 36.3 Å². The average molecular weight is 470 g/mol. The first-order chi connectivity index (χ1) is 17.0. The molecular formula is C27H24FN5O2. The van der Waals surface area contributed by atoms with E-state index in [4.69, 9.17) is 0 Å². The van der Waals surface area contributed by atoms with Crippen molar-refractivity contribution in [3.05, 3.63) is 95.6 Å². The molecule has 7 nitrogen and oxygen atoms in total. The number of carbonyl (C=O) groups excluding carboxylic acids is 2. The number of likely N-dealkylation sites (N-methyl/N-ethyl adjacent to an activating group) is 1. The van der Waals surface area contributed by atoms with Crippen molar-refractivity contribution in [2.45, 2.75) is 12.8 Å². The third-order valence-electron chi connectivity index (χ3n) is 5.97. The smallest absolute Gasteiger partial charge is 0.257 e. The highest BCUT2D eigenvalue weighted by Crippen LogP contribution is 2.38. The molecule has 0 saturated heterocycles. The Hall–Kier alpha value is -4.46. The molecule has 4 aromatic rings. The molecule has 1 aliphatic rings. The number of fused-ring (bicyclic) bond motifs is 1. The lowest BCUT2D eigenvalue weighted by Gasteiger charge is -2.23. The number of benzene rings is 2. The van der Waals surface area contributed by atoms with Crippen molar-refractivity contribution in [2.24, 2.45) is 0 Å². The number of anilines is 3. The fraction of sp³-hybridized carbons (Fsp3) is 0.148. The maximum absolute atomic E-state index is 13.1. The van der Waals surface area contributed by atoms with Crippen LogP contribution in [0.3, 0.4) is 0 Å². The van der Waals surface area contributed by atoms with Crippen LogP contribution >= 0.6 is 0 Å². The number of amides is 2. The van der Waals surface area contributed by atoms with Gasteiger partial charge in [0, 0.05) is 43.2 Å². The first kappa shape index (κ1) is 22.3. The third-order valence-corrected chi connectivity index (χ3v) is 5.97. The van der Waals surface area contributed by atoms with Gasteiger partial charge in [-0.25, -0.2) is 9.37 Å². The molecule has 0 atom stereocenters. The van der Waals surface area contributed by atoms with Gasteiger partial charge in [-0.15, -0.1) is 0 Å². The molecule has 5 rings (SSSR count). The number of pyridine rings is 1. The lowest BCUT2D eigenvalue weighted by molar-refractivity contribution is -0.115. The highest BCUT2D eigenvalue weighted by Gasteiger charge is 2.30. The summed E-state index contributed by atoms with van der Waals surface area (Å²) in [6.45, 7) is 0.637. The van der Waals surface area contributed by atoms with Gasteiger partial charge in [0.25, 0.3) is 5.91 Å². The SMILES string of the molecule is CN1CCc2[nH]c(-c3ccnc(NC(=O)Cc4ccc(F)cc4)c3)c(Nc3ccccc3)c2C1=O. The second-order valence-corrected chi connectivity index (χ2v) is 8.48. The molecule has 0 fully saturated rings. The fourth-order valence-electron chi connectivity index (χ4n) is 4.18. The van der Waals surface area contributed by atoms with Crippen LogP contribution in [0, 0.1) is 5.82 Å². The van der Waals surface area contributed by atoms with Crippen molar-refractivity contribution in [1.29, 1.82) is 0 Å². The van der Waals surface area contributed by atoms with Crippen LogP contribution in [-0.4, -0.2) is 40.3 Å². The van der Waals surface area contributed by atoms with Gasteiger partial charge in [-0.05, 0) is 42.0 Å². The lowest BCUT2D eigenvalue weighted by Crippen LogP contribution is -2.34. The van der Waals surface area contributed by atoms with Gasteiger partial charge in [-0.3, -0.25) is 9.59 Å². The van der Waals surface area contributed by atoms with E-state index in [1.807, 2.05) is 36.4 Å². The minimum absolute atomic E-state index is 0.0472. The van der Waals surface area contributed by atoms with E-state index in [9.17, 15) is 14.0 Å². The second-order valence-electron chi connectivity index (χ2n) is 8.48. The van der Waals surface area contributed by atoms with Crippen LogP contribution in [0.25, 0.3) is 11.3 Å². The minimum Gasteiger partial charge on any atom is -0.356 e.